The summed E-state index contributed by atoms with van der Waals surface area (Å²) in [4.78, 5) is 9.46. The van der Waals surface area contributed by atoms with Gasteiger partial charge >= 0.3 is 0 Å². The van der Waals surface area contributed by atoms with Crippen LogP contribution in [0.15, 0.2) is 24.3 Å². The minimum Gasteiger partial charge on any atom is -0.366 e. The van der Waals surface area contributed by atoms with Gasteiger partial charge in [-0.05, 0) is 11.6 Å². The molecule has 4 heteroatoms. The standard InChI is InChI=1S/C8H9O3P/c9-12(10)6-11-5-7-3-1-2-4-8(7)12/h1-4H,5-6H2,(H,9,10). The van der Waals surface area contributed by atoms with Crippen molar-refractivity contribution in [2.24, 2.45) is 0 Å². The van der Waals surface area contributed by atoms with Gasteiger partial charge in [0.1, 0.15) is 6.35 Å². The molecule has 0 fully saturated rings. The van der Waals surface area contributed by atoms with E-state index in [1.54, 1.807) is 12.1 Å². The van der Waals surface area contributed by atoms with Crippen molar-refractivity contribution in [3.05, 3.63) is 29.8 Å². The Bertz CT molecular complexity index is 348. The molecule has 0 aliphatic carbocycles. The van der Waals surface area contributed by atoms with Crippen LogP contribution in [0, 0.1) is 0 Å². The van der Waals surface area contributed by atoms with Gasteiger partial charge in [-0.1, -0.05) is 18.2 Å². The van der Waals surface area contributed by atoms with Crippen molar-refractivity contribution in [3.8, 4) is 0 Å². The zero-order chi connectivity index (χ0) is 8.60. The monoisotopic (exact) mass is 184 g/mol. The van der Waals surface area contributed by atoms with Crippen molar-refractivity contribution in [1.29, 1.82) is 0 Å². The Morgan fingerprint density at radius 1 is 1.42 bits per heavy atom. The summed E-state index contributed by atoms with van der Waals surface area (Å²) in [5.74, 6) is 0. The molecule has 0 bridgehead atoms. The third-order valence-electron chi connectivity index (χ3n) is 1.89. The van der Waals surface area contributed by atoms with Gasteiger partial charge in [0.25, 0.3) is 7.37 Å². The first-order chi connectivity index (χ1) is 5.70. The Morgan fingerprint density at radius 2 is 2.17 bits per heavy atom. The van der Waals surface area contributed by atoms with Gasteiger partial charge in [0.15, 0.2) is 0 Å². The molecule has 12 heavy (non-hydrogen) atoms. The highest BCUT2D eigenvalue weighted by atomic mass is 31.2. The van der Waals surface area contributed by atoms with E-state index in [0.717, 1.165) is 5.56 Å². The van der Waals surface area contributed by atoms with E-state index < -0.39 is 7.37 Å². The van der Waals surface area contributed by atoms with Crippen LogP contribution in [0.5, 0.6) is 0 Å². The molecule has 1 heterocycles. The molecule has 0 saturated heterocycles. The molecular formula is C8H9O3P. The van der Waals surface area contributed by atoms with Crippen LogP contribution < -0.4 is 5.30 Å². The van der Waals surface area contributed by atoms with Crippen molar-refractivity contribution >= 4 is 12.7 Å². The maximum Gasteiger partial charge on any atom is 0.254 e. The van der Waals surface area contributed by atoms with Crippen LogP contribution in [0.1, 0.15) is 5.56 Å². The first-order valence-electron chi connectivity index (χ1n) is 3.68. The van der Waals surface area contributed by atoms with Gasteiger partial charge in [0, 0.05) is 5.30 Å². The SMILES string of the molecule is O=P1(O)COCc2ccccc21. The average Bonchev–Trinajstić information content (AvgIpc) is 2.04. The normalized spacial score (nSPS) is 28.1. The van der Waals surface area contributed by atoms with Gasteiger partial charge in [-0.25, -0.2) is 0 Å². The number of hydrogen-bond acceptors (Lipinski definition) is 2. The van der Waals surface area contributed by atoms with Gasteiger partial charge < -0.3 is 9.63 Å². The second-order valence-electron chi connectivity index (χ2n) is 2.81. The minimum absolute atomic E-state index is 0.0516. The summed E-state index contributed by atoms with van der Waals surface area (Å²) in [5, 5.41) is 0.552. The number of benzene rings is 1. The van der Waals surface area contributed by atoms with E-state index in [1.807, 2.05) is 12.1 Å². The van der Waals surface area contributed by atoms with Gasteiger partial charge in [-0.15, -0.1) is 0 Å². The highest BCUT2D eigenvalue weighted by molar-refractivity contribution is 7.66. The lowest BCUT2D eigenvalue weighted by molar-refractivity contribution is 0.152. The van der Waals surface area contributed by atoms with Crippen LogP contribution in [0.4, 0.5) is 0 Å². The summed E-state index contributed by atoms with van der Waals surface area (Å²) < 4.78 is 16.5. The molecule has 0 amide bonds. The lowest BCUT2D eigenvalue weighted by atomic mass is 10.2. The van der Waals surface area contributed by atoms with Crippen molar-refractivity contribution in [2.45, 2.75) is 6.61 Å². The molecule has 1 atom stereocenters. The highest BCUT2D eigenvalue weighted by Gasteiger charge is 2.28. The molecule has 1 aromatic carbocycles. The maximum absolute atomic E-state index is 11.5. The first kappa shape index (κ1) is 7.99. The van der Waals surface area contributed by atoms with E-state index in [4.69, 9.17) is 4.74 Å². The summed E-state index contributed by atoms with van der Waals surface area (Å²) in [6.45, 7) is 0.445. The van der Waals surface area contributed by atoms with Crippen LogP contribution in [-0.4, -0.2) is 11.2 Å². The third-order valence-corrected chi connectivity index (χ3v) is 3.61. The fraction of sp³-hybridized carbons (Fsp3) is 0.250. The Kier molecular flexibility index (Phi) is 1.80. The van der Waals surface area contributed by atoms with Gasteiger partial charge in [-0.3, -0.25) is 4.57 Å². The molecule has 1 aromatic rings. The predicted molar refractivity (Wildman–Crippen MR) is 45.6 cm³/mol. The molecule has 1 N–H and O–H groups in total. The Labute approximate surface area is 70.4 Å². The van der Waals surface area contributed by atoms with Crippen molar-refractivity contribution < 1.29 is 14.2 Å². The first-order valence-corrected chi connectivity index (χ1v) is 5.53. The number of ether oxygens (including phenoxy) is 1. The zero-order valence-electron chi connectivity index (χ0n) is 6.43. The smallest absolute Gasteiger partial charge is 0.254 e. The van der Waals surface area contributed by atoms with Gasteiger partial charge in [0.2, 0.25) is 0 Å². The quantitative estimate of drug-likeness (QED) is 0.613. The topological polar surface area (TPSA) is 46.5 Å². The van der Waals surface area contributed by atoms with Crippen LogP contribution in [0.2, 0.25) is 0 Å². The summed E-state index contributed by atoms with van der Waals surface area (Å²) in [7, 11) is -3.20. The second-order valence-corrected chi connectivity index (χ2v) is 4.95. The summed E-state index contributed by atoms with van der Waals surface area (Å²) >= 11 is 0. The molecular weight excluding hydrogens is 175 g/mol. The number of fused-ring (bicyclic) bond motifs is 1. The van der Waals surface area contributed by atoms with E-state index in [2.05, 4.69) is 0 Å². The molecule has 1 aliphatic heterocycles. The zero-order valence-corrected chi connectivity index (χ0v) is 7.33. The van der Waals surface area contributed by atoms with E-state index >= 15 is 0 Å². The Balaban J connectivity index is 2.59. The molecule has 1 aliphatic rings. The third kappa shape index (κ3) is 1.20. The molecule has 64 valence electrons. The fourth-order valence-corrected chi connectivity index (χ4v) is 2.71. The molecule has 0 spiro atoms. The second kappa shape index (κ2) is 2.70. The number of rotatable bonds is 0. The largest absolute Gasteiger partial charge is 0.366 e. The Morgan fingerprint density at radius 3 is 2.92 bits per heavy atom. The van der Waals surface area contributed by atoms with Crippen LogP contribution in [-0.2, 0) is 15.9 Å². The van der Waals surface area contributed by atoms with E-state index in [0.29, 0.717) is 11.9 Å². The highest BCUT2D eigenvalue weighted by Crippen LogP contribution is 2.43. The lowest BCUT2D eigenvalue weighted by Gasteiger charge is -2.20. The van der Waals surface area contributed by atoms with Gasteiger partial charge in [-0.2, -0.15) is 0 Å². The molecule has 3 nitrogen and oxygen atoms in total. The van der Waals surface area contributed by atoms with Crippen LogP contribution in [0.3, 0.4) is 0 Å². The van der Waals surface area contributed by atoms with Crippen LogP contribution in [0.25, 0.3) is 0 Å². The Hall–Kier alpha value is -0.630. The van der Waals surface area contributed by atoms with Crippen LogP contribution >= 0.6 is 7.37 Å². The van der Waals surface area contributed by atoms with Crippen molar-refractivity contribution in [2.75, 3.05) is 6.35 Å². The molecule has 1 unspecified atom stereocenters. The van der Waals surface area contributed by atoms with Crippen molar-refractivity contribution in [3.63, 3.8) is 0 Å². The average molecular weight is 184 g/mol. The summed E-state index contributed by atoms with van der Waals surface area (Å²) in [6, 6.07) is 7.12. The maximum atomic E-state index is 11.5. The molecule has 0 radical (unpaired) electrons. The lowest BCUT2D eigenvalue weighted by Crippen LogP contribution is -2.20. The summed E-state index contributed by atoms with van der Waals surface area (Å²) in [5.41, 5.74) is 0.828. The van der Waals surface area contributed by atoms with E-state index in [1.165, 1.54) is 0 Å². The predicted octanol–water partition coefficient (Wildman–Crippen LogP) is 1.07. The summed E-state index contributed by atoms with van der Waals surface area (Å²) in [6.07, 6.45) is -0.0516. The molecule has 0 saturated carbocycles. The molecule has 2 rings (SSSR count). The molecule has 0 aromatic heterocycles. The number of hydrogen-bond donors (Lipinski definition) is 1. The van der Waals surface area contributed by atoms with Gasteiger partial charge in [0.05, 0.1) is 6.61 Å². The van der Waals surface area contributed by atoms with E-state index in [-0.39, 0.29) is 6.35 Å². The fourth-order valence-electron chi connectivity index (χ4n) is 1.32. The minimum atomic E-state index is -3.20. The van der Waals surface area contributed by atoms with E-state index in [9.17, 15) is 9.46 Å². The van der Waals surface area contributed by atoms with Crippen molar-refractivity contribution in [1.82, 2.24) is 0 Å².